The fourth-order valence-corrected chi connectivity index (χ4v) is 4.73. The third-order valence-corrected chi connectivity index (χ3v) is 6.23. The molecule has 29 heavy (non-hydrogen) atoms. The van der Waals surface area contributed by atoms with Gasteiger partial charge >= 0.3 is 5.97 Å². The van der Waals surface area contributed by atoms with Crippen LogP contribution in [0.25, 0.3) is 0 Å². The molecule has 2 aliphatic rings. The van der Waals surface area contributed by atoms with E-state index in [4.69, 9.17) is 11.6 Å². The number of carbonyl (C=O) groups excluding carboxylic acids is 1. The summed E-state index contributed by atoms with van der Waals surface area (Å²) in [4.78, 5) is 28.8. The maximum Gasteiger partial charge on any atom is 0.303 e. The van der Waals surface area contributed by atoms with Gasteiger partial charge in [0.15, 0.2) is 0 Å². The molecule has 0 spiro atoms. The third-order valence-electron chi connectivity index (χ3n) is 5.92. The summed E-state index contributed by atoms with van der Waals surface area (Å²) >= 11 is 6.54. The lowest BCUT2D eigenvalue weighted by Crippen LogP contribution is -2.32. The average molecular weight is 413 g/mol. The zero-order valence-corrected chi connectivity index (χ0v) is 17.1. The normalized spacial score (nSPS) is 19.0. The zero-order chi connectivity index (χ0) is 20.4. The number of para-hydroxylation sites is 1. The monoisotopic (exact) mass is 412 g/mol. The molecule has 1 unspecified atom stereocenters. The fraction of sp³-hybridized carbons (Fsp3) is 0.391. The first kappa shape index (κ1) is 19.8. The molecule has 1 fully saturated rings. The number of amides is 1. The van der Waals surface area contributed by atoms with Crippen LogP contribution in [-0.4, -0.2) is 36.6 Å². The van der Waals surface area contributed by atoms with Gasteiger partial charge in [0.2, 0.25) is 0 Å². The molecule has 1 saturated heterocycles. The average Bonchev–Trinajstić information content (AvgIpc) is 3.18. The van der Waals surface area contributed by atoms with E-state index in [0.29, 0.717) is 17.1 Å². The molecule has 152 valence electrons. The number of nitrogens with zero attached hydrogens (tertiary/aromatic N) is 2. The van der Waals surface area contributed by atoms with E-state index in [1.807, 2.05) is 42.5 Å². The number of fused-ring (bicyclic) bond motifs is 1. The maximum absolute atomic E-state index is 13.4. The van der Waals surface area contributed by atoms with Crippen LogP contribution < -0.4 is 9.80 Å². The topological polar surface area (TPSA) is 60.9 Å². The van der Waals surface area contributed by atoms with Crippen molar-refractivity contribution in [2.24, 2.45) is 0 Å². The van der Waals surface area contributed by atoms with Crippen LogP contribution in [0.4, 0.5) is 11.4 Å². The number of carboxylic acids is 1. The lowest BCUT2D eigenvalue weighted by Gasteiger charge is -2.25. The molecule has 6 heteroatoms. The molecule has 5 nitrogen and oxygen atoms in total. The van der Waals surface area contributed by atoms with Crippen LogP contribution in [0.1, 0.15) is 53.9 Å². The maximum atomic E-state index is 13.4. The highest BCUT2D eigenvalue weighted by Crippen LogP contribution is 2.37. The minimum absolute atomic E-state index is 0.0737. The van der Waals surface area contributed by atoms with Gasteiger partial charge in [-0.3, -0.25) is 9.59 Å². The van der Waals surface area contributed by atoms with E-state index in [2.05, 4.69) is 4.90 Å². The number of benzene rings is 2. The van der Waals surface area contributed by atoms with E-state index >= 15 is 0 Å². The van der Waals surface area contributed by atoms with E-state index < -0.39 is 5.97 Å². The highest BCUT2D eigenvalue weighted by molar-refractivity contribution is 6.34. The van der Waals surface area contributed by atoms with Crippen molar-refractivity contribution >= 4 is 34.9 Å². The first-order valence-electron chi connectivity index (χ1n) is 10.2. The largest absolute Gasteiger partial charge is 0.481 e. The number of hydrogen-bond acceptors (Lipinski definition) is 3. The summed E-state index contributed by atoms with van der Waals surface area (Å²) in [6.07, 6.45) is 3.93. The van der Waals surface area contributed by atoms with Crippen molar-refractivity contribution in [3.63, 3.8) is 0 Å². The first-order chi connectivity index (χ1) is 14.0. The van der Waals surface area contributed by atoms with Crippen molar-refractivity contribution in [1.29, 1.82) is 0 Å². The summed E-state index contributed by atoms with van der Waals surface area (Å²) in [5.41, 5.74) is 3.26. The highest BCUT2D eigenvalue weighted by Gasteiger charge is 2.29. The van der Waals surface area contributed by atoms with Gasteiger partial charge in [-0.15, -0.1) is 0 Å². The van der Waals surface area contributed by atoms with Crippen LogP contribution >= 0.6 is 11.6 Å². The molecule has 0 aliphatic carbocycles. The van der Waals surface area contributed by atoms with E-state index in [1.165, 1.54) is 12.8 Å². The second-order valence-corrected chi connectivity index (χ2v) is 8.22. The van der Waals surface area contributed by atoms with E-state index in [0.717, 1.165) is 42.9 Å². The molecular weight excluding hydrogens is 388 g/mol. The third kappa shape index (κ3) is 4.10. The number of carboxylic acid groups (broad SMARTS) is 1. The molecule has 1 amide bonds. The van der Waals surface area contributed by atoms with Gasteiger partial charge < -0.3 is 14.9 Å². The van der Waals surface area contributed by atoms with Crippen LogP contribution in [0.2, 0.25) is 5.02 Å². The van der Waals surface area contributed by atoms with E-state index in [9.17, 15) is 14.7 Å². The molecule has 1 atom stereocenters. The van der Waals surface area contributed by atoms with Crippen molar-refractivity contribution in [3.05, 3.63) is 58.6 Å². The molecule has 0 bridgehead atoms. The van der Waals surface area contributed by atoms with E-state index in [-0.39, 0.29) is 18.2 Å². The summed E-state index contributed by atoms with van der Waals surface area (Å²) in [6, 6.07) is 13.3. The second kappa shape index (κ2) is 8.46. The van der Waals surface area contributed by atoms with Gasteiger partial charge in [-0.05, 0) is 61.4 Å². The minimum atomic E-state index is -0.815. The van der Waals surface area contributed by atoms with Crippen molar-refractivity contribution in [2.45, 2.75) is 38.0 Å². The Morgan fingerprint density at radius 1 is 1.03 bits per heavy atom. The summed E-state index contributed by atoms with van der Waals surface area (Å²) in [7, 11) is 0. The zero-order valence-electron chi connectivity index (χ0n) is 16.3. The van der Waals surface area contributed by atoms with Crippen LogP contribution in [0.3, 0.4) is 0 Å². The van der Waals surface area contributed by atoms with Gasteiger partial charge in [0.05, 0.1) is 17.0 Å². The smallest absolute Gasteiger partial charge is 0.303 e. The molecule has 0 radical (unpaired) electrons. The number of halogens is 1. The van der Waals surface area contributed by atoms with Gasteiger partial charge in [0.1, 0.15) is 0 Å². The summed E-state index contributed by atoms with van der Waals surface area (Å²) in [5.74, 6) is -1.04. The quantitative estimate of drug-likeness (QED) is 0.772. The van der Waals surface area contributed by atoms with Crippen LogP contribution in [0.5, 0.6) is 0 Å². The Balaban J connectivity index is 1.64. The molecule has 2 aromatic carbocycles. The Kier molecular flexibility index (Phi) is 5.76. The predicted molar refractivity (Wildman–Crippen MR) is 115 cm³/mol. The second-order valence-electron chi connectivity index (χ2n) is 7.81. The number of aliphatic carboxylic acids is 1. The van der Waals surface area contributed by atoms with Gasteiger partial charge in [0.25, 0.3) is 5.91 Å². The Bertz CT molecular complexity index is 924. The SMILES string of the molecule is O=C(O)CC1CCCN(C(=O)c2ccc(N3CCCC3)cc2Cl)c2ccccc21. The number of rotatable bonds is 4. The van der Waals surface area contributed by atoms with Crippen molar-refractivity contribution in [1.82, 2.24) is 0 Å². The summed E-state index contributed by atoms with van der Waals surface area (Å²) in [5, 5.41) is 9.75. The van der Waals surface area contributed by atoms with Gasteiger partial charge in [0, 0.05) is 31.0 Å². The molecule has 2 heterocycles. The lowest BCUT2D eigenvalue weighted by atomic mass is 9.91. The highest BCUT2D eigenvalue weighted by atomic mass is 35.5. The Morgan fingerprint density at radius 3 is 2.52 bits per heavy atom. The molecule has 0 saturated carbocycles. The lowest BCUT2D eigenvalue weighted by molar-refractivity contribution is -0.137. The van der Waals surface area contributed by atoms with Crippen LogP contribution in [0, 0.1) is 0 Å². The molecule has 1 N–H and O–H groups in total. The van der Waals surface area contributed by atoms with E-state index in [1.54, 1.807) is 4.90 Å². The van der Waals surface area contributed by atoms with Crippen LogP contribution in [0.15, 0.2) is 42.5 Å². The summed E-state index contributed by atoms with van der Waals surface area (Å²) in [6.45, 7) is 2.60. The molecule has 0 aromatic heterocycles. The molecule has 4 rings (SSSR count). The van der Waals surface area contributed by atoms with Crippen LogP contribution in [-0.2, 0) is 4.79 Å². The van der Waals surface area contributed by atoms with Crippen molar-refractivity contribution in [2.75, 3.05) is 29.4 Å². The Morgan fingerprint density at radius 2 is 1.79 bits per heavy atom. The van der Waals surface area contributed by atoms with Gasteiger partial charge in [-0.1, -0.05) is 29.8 Å². The van der Waals surface area contributed by atoms with Gasteiger partial charge in [-0.2, -0.15) is 0 Å². The number of anilines is 2. The molecule has 2 aliphatic heterocycles. The molecular formula is C23H25ClN2O3. The predicted octanol–water partition coefficient (Wildman–Crippen LogP) is 4.94. The number of hydrogen-bond donors (Lipinski definition) is 1. The Hall–Kier alpha value is -2.53. The van der Waals surface area contributed by atoms with Crippen molar-refractivity contribution in [3.8, 4) is 0 Å². The minimum Gasteiger partial charge on any atom is -0.481 e. The fourth-order valence-electron chi connectivity index (χ4n) is 4.48. The summed E-state index contributed by atoms with van der Waals surface area (Å²) < 4.78 is 0. The molecule has 2 aromatic rings. The standard InChI is InChI=1S/C23H25ClN2O3/c24-20-15-17(25-11-3-4-12-25)9-10-19(20)23(29)26-13-5-6-16(14-22(27)28)18-7-1-2-8-21(18)26/h1-2,7-10,15-16H,3-6,11-14H2,(H,27,28). The van der Waals surface area contributed by atoms with Gasteiger partial charge in [-0.25, -0.2) is 0 Å². The number of carbonyl (C=O) groups is 2. The Labute approximate surface area is 175 Å². The van der Waals surface area contributed by atoms with Crippen molar-refractivity contribution < 1.29 is 14.7 Å². The first-order valence-corrected chi connectivity index (χ1v) is 10.6.